The molecule has 2 nitrogen and oxygen atoms in total. The summed E-state index contributed by atoms with van der Waals surface area (Å²) in [5.41, 5.74) is 3.76. The molecule has 0 saturated carbocycles. The fraction of sp³-hybridized carbons (Fsp3) is 0.400. The minimum Gasteiger partial charge on any atom is -0.232 e. The molecule has 0 spiro atoms. The van der Waals surface area contributed by atoms with E-state index < -0.39 is 24.5 Å². The van der Waals surface area contributed by atoms with E-state index in [1.54, 1.807) is 6.07 Å². The maximum atomic E-state index is 8.59. The number of nitrogens with zero attached hydrogens (tertiary/aromatic N) is 2. The summed E-state index contributed by atoms with van der Waals surface area (Å²) in [7, 11) is 1.94. The van der Waals surface area contributed by atoms with Crippen LogP contribution in [0, 0.1) is 20.7 Å². The highest BCUT2D eigenvalue weighted by atomic mass is 15.1. The van der Waals surface area contributed by atoms with Crippen LogP contribution in [0.15, 0.2) is 30.5 Å². The van der Waals surface area contributed by atoms with Crippen LogP contribution in [-0.2, 0) is 17.9 Å². The molecule has 1 unspecified atom stereocenters. The van der Waals surface area contributed by atoms with E-state index >= 15 is 0 Å². The maximum Gasteiger partial charge on any atom is 0.295 e. The number of pyridine rings is 1. The molecule has 27 heavy (non-hydrogen) atoms. The molecule has 138 valence electrons. The quantitative estimate of drug-likeness (QED) is 0.285. The molecular weight excluding hydrogens is 328 g/mol. The van der Waals surface area contributed by atoms with Crippen LogP contribution in [0.1, 0.15) is 63.8 Å². The third-order valence-electron chi connectivity index (χ3n) is 7.17. The Labute approximate surface area is 169 Å². The molecule has 1 atom stereocenters. The highest BCUT2D eigenvalue weighted by molar-refractivity contribution is 6.15. The average Bonchev–Trinajstić information content (AvgIpc) is 3.04. The Kier molecular flexibility index (Phi) is 2.01. The summed E-state index contributed by atoms with van der Waals surface area (Å²) >= 11 is 0. The number of benzene rings is 2. The number of aryl methyl sites for hydroxylation is 4. The Balaban J connectivity index is 2.24. The van der Waals surface area contributed by atoms with E-state index in [0.717, 1.165) is 38.6 Å². The van der Waals surface area contributed by atoms with Crippen LogP contribution in [0.3, 0.4) is 0 Å². The lowest BCUT2D eigenvalue weighted by molar-refractivity contribution is -0.643. The van der Waals surface area contributed by atoms with Gasteiger partial charge in [-0.2, -0.15) is 4.40 Å². The second-order valence-electron chi connectivity index (χ2n) is 8.85. The molecule has 5 rings (SSSR count). The van der Waals surface area contributed by atoms with E-state index in [1.807, 2.05) is 75.0 Å². The van der Waals surface area contributed by atoms with E-state index in [0.29, 0.717) is 16.6 Å². The van der Waals surface area contributed by atoms with Gasteiger partial charge in [0.25, 0.3) is 5.65 Å². The SMILES string of the molecule is [2H]C([2H])([2H])c1ccc2c3c1c1ccc(C)c(C)c1c1n3c(c[n+]1C)C(C)(C([2H])([2H])[2H])C2(C)C. The Morgan fingerprint density at radius 3 is 2.41 bits per heavy atom. The van der Waals surface area contributed by atoms with E-state index in [9.17, 15) is 0 Å². The Bertz CT molecular complexity index is 1500. The molecule has 0 fully saturated rings. The van der Waals surface area contributed by atoms with Crippen LogP contribution >= 0.6 is 0 Å². The third-order valence-corrected chi connectivity index (χ3v) is 7.17. The van der Waals surface area contributed by atoms with Crippen molar-refractivity contribution in [2.45, 2.75) is 59.2 Å². The van der Waals surface area contributed by atoms with Crippen LogP contribution in [0.25, 0.3) is 27.3 Å². The second-order valence-corrected chi connectivity index (χ2v) is 8.85. The van der Waals surface area contributed by atoms with Gasteiger partial charge in [0.2, 0.25) is 0 Å². The van der Waals surface area contributed by atoms with Crippen molar-refractivity contribution in [2.75, 3.05) is 0 Å². The summed E-state index contributed by atoms with van der Waals surface area (Å²) in [4.78, 5) is 0. The van der Waals surface area contributed by atoms with Crippen molar-refractivity contribution in [1.29, 1.82) is 0 Å². The first-order valence-electron chi connectivity index (χ1n) is 12.5. The van der Waals surface area contributed by atoms with Gasteiger partial charge in [0.1, 0.15) is 11.7 Å². The van der Waals surface area contributed by atoms with Gasteiger partial charge < -0.3 is 0 Å². The number of hydrogen-bond donors (Lipinski definition) is 0. The lowest BCUT2D eigenvalue weighted by atomic mass is 9.60. The van der Waals surface area contributed by atoms with E-state index in [1.165, 1.54) is 0 Å². The molecule has 1 aliphatic rings. The first kappa shape index (κ1) is 11.5. The highest BCUT2D eigenvalue weighted by Crippen LogP contribution is 2.51. The number of rotatable bonds is 0. The first-order valence-corrected chi connectivity index (χ1v) is 9.46. The number of hydrogen-bond acceptors (Lipinski definition) is 0. The average molecular weight is 364 g/mol. The molecule has 0 aliphatic carbocycles. The molecule has 0 saturated heterocycles. The second kappa shape index (κ2) is 4.73. The predicted octanol–water partition coefficient (Wildman–Crippen LogP) is 5.56. The number of fused-ring (bicyclic) bond motifs is 3. The molecule has 0 bridgehead atoms. The minimum absolute atomic E-state index is 0.298. The Morgan fingerprint density at radius 2 is 1.70 bits per heavy atom. The van der Waals surface area contributed by atoms with Crippen molar-refractivity contribution in [2.24, 2.45) is 7.05 Å². The summed E-state index contributed by atoms with van der Waals surface area (Å²) in [5, 5.41) is 2.55. The predicted molar refractivity (Wildman–Crippen MR) is 114 cm³/mol. The number of imidazole rings is 1. The molecular formula is C25H29N2+. The zero-order valence-electron chi connectivity index (χ0n) is 22.8. The molecule has 1 aliphatic heterocycles. The molecule has 2 heteroatoms. The van der Waals surface area contributed by atoms with E-state index in [4.69, 9.17) is 8.22 Å². The summed E-state index contributed by atoms with van der Waals surface area (Å²) in [5.74, 6) is 0. The largest absolute Gasteiger partial charge is 0.295 e. The van der Waals surface area contributed by atoms with Gasteiger partial charge in [0, 0.05) is 35.4 Å². The zero-order valence-corrected chi connectivity index (χ0v) is 16.8. The van der Waals surface area contributed by atoms with E-state index in [2.05, 4.69) is 0 Å². The summed E-state index contributed by atoms with van der Waals surface area (Å²) in [6.45, 7) is 5.27. The van der Waals surface area contributed by atoms with Gasteiger partial charge >= 0.3 is 0 Å². The molecule has 4 aromatic rings. The lowest BCUT2D eigenvalue weighted by Crippen LogP contribution is -2.44. The topological polar surface area (TPSA) is 8.29 Å². The molecule has 0 amide bonds. The standard InChI is InChI=1S/C25H29N2/c1-14-9-11-17-20-15(2)10-12-18-22(20)27-19(25(6,7)24(18,4)5)13-26(8)23(27)21(17)16(14)3/h9-13H,1-8H3/q+1/i2D3,6D3. The summed E-state index contributed by atoms with van der Waals surface area (Å²) in [6, 6.07) is 7.57. The van der Waals surface area contributed by atoms with Gasteiger partial charge in [-0.25, -0.2) is 4.57 Å². The fourth-order valence-electron chi connectivity index (χ4n) is 4.94. The van der Waals surface area contributed by atoms with Gasteiger partial charge in [-0.1, -0.05) is 51.9 Å². The minimum atomic E-state index is -2.30. The smallest absolute Gasteiger partial charge is 0.232 e. The van der Waals surface area contributed by atoms with Crippen LogP contribution in [0.4, 0.5) is 0 Å². The molecule has 0 radical (unpaired) electrons. The van der Waals surface area contributed by atoms with Crippen LogP contribution in [0.5, 0.6) is 0 Å². The van der Waals surface area contributed by atoms with Gasteiger partial charge in [-0.15, -0.1) is 0 Å². The van der Waals surface area contributed by atoms with Crippen LogP contribution < -0.4 is 4.57 Å². The van der Waals surface area contributed by atoms with Crippen LogP contribution in [0.2, 0.25) is 0 Å². The van der Waals surface area contributed by atoms with Gasteiger partial charge in [-0.05, 0) is 37.4 Å². The molecule has 2 aromatic heterocycles. The normalized spacial score (nSPS) is 25.3. The van der Waals surface area contributed by atoms with Gasteiger partial charge in [0.05, 0.1) is 12.4 Å². The van der Waals surface area contributed by atoms with Crippen molar-refractivity contribution in [3.8, 4) is 0 Å². The third kappa shape index (κ3) is 1.70. The van der Waals surface area contributed by atoms with Crippen LogP contribution in [-0.4, -0.2) is 4.40 Å². The van der Waals surface area contributed by atoms with Gasteiger partial charge in [-0.3, -0.25) is 0 Å². The van der Waals surface area contributed by atoms with Crippen molar-refractivity contribution in [3.05, 3.63) is 58.4 Å². The van der Waals surface area contributed by atoms with Gasteiger partial charge in [0.15, 0.2) is 5.69 Å². The maximum absolute atomic E-state index is 8.59. The van der Waals surface area contributed by atoms with Crippen molar-refractivity contribution < 1.29 is 12.8 Å². The van der Waals surface area contributed by atoms with Crippen molar-refractivity contribution >= 4 is 27.3 Å². The molecule has 2 aromatic carbocycles. The van der Waals surface area contributed by atoms with Crippen molar-refractivity contribution in [1.82, 2.24) is 4.40 Å². The molecule has 3 heterocycles. The first-order chi connectivity index (χ1) is 15.0. The summed E-state index contributed by atoms with van der Waals surface area (Å²) < 4.78 is 54.7. The monoisotopic (exact) mass is 363 g/mol. The fourth-order valence-corrected chi connectivity index (χ4v) is 4.94. The highest BCUT2D eigenvalue weighted by Gasteiger charge is 2.50. The Morgan fingerprint density at radius 1 is 0.963 bits per heavy atom. The lowest BCUT2D eigenvalue weighted by Gasteiger charge is -2.43. The zero-order chi connectivity index (χ0) is 24.5. The summed E-state index contributed by atoms with van der Waals surface area (Å²) in [6.07, 6.45) is 1.93. The van der Waals surface area contributed by atoms with E-state index in [-0.39, 0.29) is 0 Å². The Hall–Kier alpha value is -2.35. The van der Waals surface area contributed by atoms with Crippen molar-refractivity contribution in [3.63, 3.8) is 0 Å². The number of aromatic nitrogens is 2. The molecule has 0 N–H and O–H groups in total.